The fourth-order valence-corrected chi connectivity index (χ4v) is 1.38. The van der Waals surface area contributed by atoms with E-state index in [0.717, 1.165) is 18.5 Å². The SMILES string of the molecule is CCCn1cnc2c(F)nccc21. The standard InChI is InChI=1S/C9H10FN3/c1-2-5-13-6-12-8-7(13)3-4-11-9(8)10/h3-4,6H,2,5H2,1H3. The molecule has 0 amide bonds. The number of aromatic nitrogens is 3. The number of pyridine rings is 1. The molecule has 0 aromatic carbocycles. The second-order valence-corrected chi connectivity index (χ2v) is 2.91. The van der Waals surface area contributed by atoms with Gasteiger partial charge in [-0.2, -0.15) is 4.39 Å². The predicted octanol–water partition coefficient (Wildman–Crippen LogP) is 1.98. The van der Waals surface area contributed by atoms with Gasteiger partial charge < -0.3 is 4.57 Å². The van der Waals surface area contributed by atoms with Gasteiger partial charge in [-0.05, 0) is 12.5 Å². The van der Waals surface area contributed by atoms with E-state index in [1.54, 1.807) is 12.4 Å². The van der Waals surface area contributed by atoms with Crippen molar-refractivity contribution in [1.29, 1.82) is 0 Å². The summed E-state index contributed by atoms with van der Waals surface area (Å²) in [5.74, 6) is -0.493. The summed E-state index contributed by atoms with van der Waals surface area (Å²) in [5.41, 5.74) is 1.17. The molecule has 0 aliphatic rings. The Morgan fingerprint density at radius 3 is 3.08 bits per heavy atom. The summed E-state index contributed by atoms with van der Waals surface area (Å²) in [5, 5.41) is 0. The van der Waals surface area contributed by atoms with Crippen LogP contribution in [0.2, 0.25) is 0 Å². The van der Waals surface area contributed by atoms with Crippen molar-refractivity contribution < 1.29 is 4.39 Å². The third-order valence-electron chi connectivity index (χ3n) is 1.96. The molecule has 4 heteroatoms. The van der Waals surface area contributed by atoms with Crippen LogP contribution in [-0.4, -0.2) is 14.5 Å². The van der Waals surface area contributed by atoms with Gasteiger partial charge >= 0.3 is 0 Å². The van der Waals surface area contributed by atoms with E-state index >= 15 is 0 Å². The third kappa shape index (κ3) is 1.28. The van der Waals surface area contributed by atoms with E-state index in [1.807, 2.05) is 4.57 Å². The molecular weight excluding hydrogens is 169 g/mol. The maximum Gasteiger partial charge on any atom is 0.240 e. The second-order valence-electron chi connectivity index (χ2n) is 2.91. The third-order valence-corrected chi connectivity index (χ3v) is 1.96. The quantitative estimate of drug-likeness (QED) is 0.660. The zero-order valence-corrected chi connectivity index (χ0v) is 7.37. The van der Waals surface area contributed by atoms with Gasteiger partial charge in [0.1, 0.15) is 5.52 Å². The van der Waals surface area contributed by atoms with Crippen LogP contribution in [0.15, 0.2) is 18.6 Å². The van der Waals surface area contributed by atoms with Crippen LogP contribution in [0.25, 0.3) is 11.0 Å². The number of imidazole rings is 1. The highest BCUT2D eigenvalue weighted by Crippen LogP contribution is 2.13. The predicted molar refractivity (Wildman–Crippen MR) is 47.8 cm³/mol. The molecule has 0 fully saturated rings. The summed E-state index contributed by atoms with van der Waals surface area (Å²) in [4.78, 5) is 7.50. The van der Waals surface area contributed by atoms with Crippen molar-refractivity contribution in [2.75, 3.05) is 0 Å². The van der Waals surface area contributed by atoms with Crippen molar-refractivity contribution in [1.82, 2.24) is 14.5 Å². The number of hydrogen-bond donors (Lipinski definition) is 0. The molecule has 0 N–H and O–H groups in total. The Kier molecular flexibility index (Phi) is 1.96. The van der Waals surface area contributed by atoms with E-state index in [0.29, 0.717) is 5.52 Å². The van der Waals surface area contributed by atoms with E-state index in [1.165, 1.54) is 6.20 Å². The summed E-state index contributed by atoms with van der Waals surface area (Å²) in [6, 6.07) is 1.78. The van der Waals surface area contributed by atoms with Crippen LogP contribution in [0.5, 0.6) is 0 Å². The molecule has 2 aromatic rings. The van der Waals surface area contributed by atoms with Crippen LogP contribution in [-0.2, 0) is 6.54 Å². The molecule has 0 radical (unpaired) electrons. The highest BCUT2D eigenvalue weighted by Gasteiger charge is 2.06. The molecule has 0 aliphatic carbocycles. The average molecular weight is 179 g/mol. The Morgan fingerprint density at radius 1 is 1.46 bits per heavy atom. The Hall–Kier alpha value is -1.45. The van der Waals surface area contributed by atoms with Crippen LogP contribution >= 0.6 is 0 Å². The minimum absolute atomic E-state index is 0.357. The van der Waals surface area contributed by atoms with E-state index < -0.39 is 5.95 Å². The molecule has 0 saturated heterocycles. The van der Waals surface area contributed by atoms with Crippen molar-refractivity contribution in [2.24, 2.45) is 0 Å². The van der Waals surface area contributed by atoms with Crippen LogP contribution < -0.4 is 0 Å². The van der Waals surface area contributed by atoms with E-state index in [2.05, 4.69) is 16.9 Å². The molecule has 0 saturated carbocycles. The van der Waals surface area contributed by atoms with Crippen LogP contribution in [0.4, 0.5) is 4.39 Å². The molecular formula is C9H10FN3. The normalized spacial score (nSPS) is 10.9. The van der Waals surface area contributed by atoms with Gasteiger partial charge in [0.25, 0.3) is 0 Å². The van der Waals surface area contributed by atoms with Gasteiger partial charge in [-0.3, -0.25) is 0 Å². The Balaban J connectivity index is 2.61. The Morgan fingerprint density at radius 2 is 2.31 bits per heavy atom. The fraction of sp³-hybridized carbons (Fsp3) is 0.333. The van der Waals surface area contributed by atoms with Crippen molar-refractivity contribution in [2.45, 2.75) is 19.9 Å². The monoisotopic (exact) mass is 179 g/mol. The molecule has 2 aromatic heterocycles. The largest absolute Gasteiger partial charge is 0.330 e. The number of rotatable bonds is 2. The lowest BCUT2D eigenvalue weighted by atomic mass is 10.4. The molecule has 3 nitrogen and oxygen atoms in total. The first-order valence-electron chi connectivity index (χ1n) is 4.28. The smallest absolute Gasteiger partial charge is 0.240 e. The Bertz CT molecular complexity index is 422. The second kappa shape index (κ2) is 3.12. The lowest BCUT2D eigenvalue weighted by molar-refractivity contribution is 0.594. The summed E-state index contributed by atoms with van der Waals surface area (Å²) in [6.07, 6.45) is 4.12. The molecule has 2 rings (SSSR count). The van der Waals surface area contributed by atoms with Gasteiger partial charge in [0.05, 0.1) is 11.8 Å². The molecule has 0 spiro atoms. The van der Waals surface area contributed by atoms with Gasteiger partial charge in [-0.15, -0.1) is 0 Å². The minimum Gasteiger partial charge on any atom is -0.330 e. The molecule has 13 heavy (non-hydrogen) atoms. The number of halogens is 1. The van der Waals surface area contributed by atoms with Gasteiger partial charge in [0.15, 0.2) is 0 Å². The molecule has 2 heterocycles. The van der Waals surface area contributed by atoms with Gasteiger partial charge in [0.2, 0.25) is 5.95 Å². The molecule has 0 atom stereocenters. The first-order chi connectivity index (χ1) is 6.33. The fourth-order valence-electron chi connectivity index (χ4n) is 1.38. The summed E-state index contributed by atoms with van der Waals surface area (Å²) in [6.45, 7) is 2.93. The molecule has 68 valence electrons. The molecule has 0 unspecified atom stereocenters. The highest BCUT2D eigenvalue weighted by molar-refractivity contribution is 5.74. The number of nitrogens with zero attached hydrogens (tertiary/aromatic N) is 3. The van der Waals surface area contributed by atoms with E-state index in [9.17, 15) is 4.39 Å². The first-order valence-corrected chi connectivity index (χ1v) is 4.28. The van der Waals surface area contributed by atoms with Crippen molar-refractivity contribution in [3.05, 3.63) is 24.5 Å². The topological polar surface area (TPSA) is 30.7 Å². The van der Waals surface area contributed by atoms with Crippen LogP contribution in [0.1, 0.15) is 13.3 Å². The zero-order chi connectivity index (χ0) is 9.26. The highest BCUT2D eigenvalue weighted by atomic mass is 19.1. The van der Waals surface area contributed by atoms with Gasteiger partial charge in [0, 0.05) is 12.7 Å². The van der Waals surface area contributed by atoms with Crippen molar-refractivity contribution in [3.8, 4) is 0 Å². The first kappa shape index (κ1) is 8.16. The minimum atomic E-state index is -0.493. The Labute approximate surface area is 75.2 Å². The lowest BCUT2D eigenvalue weighted by Crippen LogP contribution is -1.94. The van der Waals surface area contributed by atoms with Crippen LogP contribution in [0.3, 0.4) is 0 Å². The molecule has 0 bridgehead atoms. The van der Waals surface area contributed by atoms with Crippen molar-refractivity contribution >= 4 is 11.0 Å². The van der Waals surface area contributed by atoms with Crippen molar-refractivity contribution in [3.63, 3.8) is 0 Å². The summed E-state index contributed by atoms with van der Waals surface area (Å²) in [7, 11) is 0. The summed E-state index contributed by atoms with van der Waals surface area (Å²) < 4.78 is 15.0. The van der Waals surface area contributed by atoms with E-state index in [4.69, 9.17) is 0 Å². The lowest BCUT2D eigenvalue weighted by Gasteiger charge is -1.99. The number of aryl methyl sites for hydroxylation is 1. The van der Waals surface area contributed by atoms with E-state index in [-0.39, 0.29) is 0 Å². The number of hydrogen-bond acceptors (Lipinski definition) is 2. The average Bonchev–Trinajstić information content (AvgIpc) is 2.51. The maximum atomic E-state index is 13.1. The summed E-state index contributed by atoms with van der Waals surface area (Å²) >= 11 is 0. The van der Waals surface area contributed by atoms with Crippen LogP contribution in [0, 0.1) is 5.95 Å². The van der Waals surface area contributed by atoms with Gasteiger partial charge in [-0.1, -0.05) is 6.92 Å². The zero-order valence-electron chi connectivity index (χ0n) is 7.37. The molecule has 0 aliphatic heterocycles. The van der Waals surface area contributed by atoms with Gasteiger partial charge in [-0.25, -0.2) is 9.97 Å². The maximum absolute atomic E-state index is 13.1. The number of fused-ring (bicyclic) bond motifs is 1.